The molecule has 6 heteroatoms. The number of halogens is 2. The smallest absolute Gasteiger partial charge is 0.255 e. The molecule has 0 atom stereocenters. The van der Waals surface area contributed by atoms with Crippen molar-refractivity contribution in [2.75, 3.05) is 7.05 Å². The molecule has 0 saturated heterocycles. The van der Waals surface area contributed by atoms with Gasteiger partial charge in [0.05, 0.1) is 27.0 Å². The van der Waals surface area contributed by atoms with Gasteiger partial charge in [-0.25, -0.2) is 4.68 Å². The van der Waals surface area contributed by atoms with Crippen LogP contribution in [0.5, 0.6) is 0 Å². The number of aryl methyl sites for hydroxylation is 1. The fourth-order valence-corrected chi connectivity index (χ4v) is 3.29. The number of amides is 1. The Kier molecular flexibility index (Phi) is 5.35. The van der Waals surface area contributed by atoms with E-state index in [1.807, 2.05) is 48.9 Å². The molecule has 1 aromatic heterocycles. The van der Waals surface area contributed by atoms with E-state index in [2.05, 4.69) is 5.10 Å². The van der Waals surface area contributed by atoms with Crippen LogP contribution in [0.25, 0.3) is 5.69 Å². The molecule has 1 heterocycles. The van der Waals surface area contributed by atoms with Gasteiger partial charge in [-0.1, -0.05) is 47.5 Å². The molecule has 0 aliphatic carbocycles. The molecule has 0 radical (unpaired) electrons. The zero-order chi connectivity index (χ0) is 18.8. The van der Waals surface area contributed by atoms with Crippen molar-refractivity contribution in [3.63, 3.8) is 0 Å². The Balaban J connectivity index is 1.88. The Morgan fingerprint density at radius 3 is 2.46 bits per heavy atom. The van der Waals surface area contributed by atoms with Gasteiger partial charge in [0, 0.05) is 24.8 Å². The van der Waals surface area contributed by atoms with Gasteiger partial charge in [0.2, 0.25) is 0 Å². The van der Waals surface area contributed by atoms with E-state index in [1.165, 1.54) is 0 Å². The normalized spacial score (nSPS) is 10.8. The van der Waals surface area contributed by atoms with E-state index in [9.17, 15) is 4.79 Å². The second-order valence-electron chi connectivity index (χ2n) is 6.16. The van der Waals surface area contributed by atoms with Crippen LogP contribution in [-0.4, -0.2) is 27.6 Å². The first kappa shape index (κ1) is 18.5. The molecule has 4 nitrogen and oxygen atoms in total. The molecule has 0 N–H and O–H groups in total. The van der Waals surface area contributed by atoms with E-state index in [0.29, 0.717) is 17.1 Å². The van der Waals surface area contributed by atoms with Crippen LogP contribution in [0.15, 0.2) is 48.5 Å². The fraction of sp³-hybridized carbons (Fsp3) is 0.200. The fourth-order valence-electron chi connectivity index (χ4n) is 2.91. The molecule has 0 aliphatic rings. The first-order valence-corrected chi connectivity index (χ1v) is 8.95. The maximum absolute atomic E-state index is 12.8. The predicted octanol–water partition coefficient (Wildman–Crippen LogP) is 5.07. The molecule has 0 saturated carbocycles. The zero-order valence-electron chi connectivity index (χ0n) is 14.8. The lowest BCUT2D eigenvalue weighted by atomic mass is 10.1. The molecule has 3 aromatic rings. The minimum Gasteiger partial charge on any atom is -0.337 e. The third-order valence-corrected chi connectivity index (χ3v) is 5.18. The number of hydrogen-bond donors (Lipinski definition) is 0. The topological polar surface area (TPSA) is 38.1 Å². The maximum atomic E-state index is 12.8. The molecule has 0 bridgehead atoms. The first-order chi connectivity index (χ1) is 12.4. The van der Waals surface area contributed by atoms with Gasteiger partial charge in [-0.15, -0.1) is 0 Å². The van der Waals surface area contributed by atoms with Crippen molar-refractivity contribution in [2.45, 2.75) is 20.4 Å². The summed E-state index contributed by atoms with van der Waals surface area (Å²) in [4.78, 5) is 14.4. The summed E-state index contributed by atoms with van der Waals surface area (Å²) in [6.07, 6.45) is 0. The minimum atomic E-state index is -0.177. The summed E-state index contributed by atoms with van der Waals surface area (Å²) in [5.41, 5.74) is 4.30. The van der Waals surface area contributed by atoms with Crippen molar-refractivity contribution >= 4 is 29.1 Å². The predicted molar refractivity (Wildman–Crippen MR) is 105 cm³/mol. The molecule has 1 amide bonds. The van der Waals surface area contributed by atoms with E-state index in [-0.39, 0.29) is 10.9 Å². The number of benzene rings is 2. The van der Waals surface area contributed by atoms with Crippen LogP contribution in [0, 0.1) is 13.8 Å². The highest BCUT2D eigenvalue weighted by Crippen LogP contribution is 2.27. The number of aromatic nitrogens is 2. The van der Waals surface area contributed by atoms with Gasteiger partial charge < -0.3 is 4.90 Å². The number of carbonyl (C=O) groups excluding carboxylic acids is 1. The van der Waals surface area contributed by atoms with Crippen LogP contribution in [0.1, 0.15) is 27.3 Å². The lowest BCUT2D eigenvalue weighted by molar-refractivity contribution is 0.0785. The molecule has 3 rings (SSSR count). The van der Waals surface area contributed by atoms with Crippen LogP contribution >= 0.6 is 23.2 Å². The molecular weight excluding hydrogens is 369 g/mol. The monoisotopic (exact) mass is 387 g/mol. The number of rotatable bonds is 4. The highest BCUT2D eigenvalue weighted by Gasteiger charge is 2.20. The number of para-hydroxylation sites is 1. The lowest BCUT2D eigenvalue weighted by Gasteiger charge is -2.18. The zero-order valence-corrected chi connectivity index (χ0v) is 16.3. The summed E-state index contributed by atoms with van der Waals surface area (Å²) in [5.74, 6) is -0.177. The van der Waals surface area contributed by atoms with Gasteiger partial charge in [-0.3, -0.25) is 4.79 Å². The summed E-state index contributed by atoms with van der Waals surface area (Å²) >= 11 is 12.2. The van der Waals surface area contributed by atoms with E-state index in [1.54, 1.807) is 30.1 Å². The van der Waals surface area contributed by atoms with Gasteiger partial charge in [-0.2, -0.15) is 5.10 Å². The van der Waals surface area contributed by atoms with Gasteiger partial charge in [0.25, 0.3) is 5.91 Å². The molecule has 0 fully saturated rings. The van der Waals surface area contributed by atoms with Crippen LogP contribution in [0.4, 0.5) is 0 Å². The van der Waals surface area contributed by atoms with E-state index >= 15 is 0 Å². The lowest BCUT2D eigenvalue weighted by Crippen LogP contribution is -2.27. The Hall–Kier alpha value is -2.30. The quantitative estimate of drug-likeness (QED) is 0.626. The molecule has 2 aromatic carbocycles. The van der Waals surface area contributed by atoms with Crippen LogP contribution in [0.3, 0.4) is 0 Å². The summed E-state index contributed by atoms with van der Waals surface area (Å²) in [6.45, 7) is 4.39. The van der Waals surface area contributed by atoms with Crippen LogP contribution < -0.4 is 0 Å². The Bertz CT molecular complexity index is 951. The van der Waals surface area contributed by atoms with Crippen LogP contribution in [-0.2, 0) is 6.54 Å². The van der Waals surface area contributed by atoms with Crippen molar-refractivity contribution in [2.24, 2.45) is 0 Å². The highest BCUT2D eigenvalue weighted by atomic mass is 35.5. The van der Waals surface area contributed by atoms with Crippen molar-refractivity contribution in [1.29, 1.82) is 0 Å². The molecule has 0 aliphatic heterocycles. The average Bonchev–Trinajstić information content (AvgIpc) is 2.92. The van der Waals surface area contributed by atoms with Gasteiger partial charge in [-0.05, 0) is 38.1 Å². The van der Waals surface area contributed by atoms with E-state index in [4.69, 9.17) is 23.2 Å². The van der Waals surface area contributed by atoms with Gasteiger partial charge in [0.1, 0.15) is 0 Å². The summed E-state index contributed by atoms with van der Waals surface area (Å²) in [5, 5.41) is 5.28. The summed E-state index contributed by atoms with van der Waals surface area (Å²) < 4.78 is 1.90. The largest absolute Gasteiger partial charge is 0.337 e. The highest BCUT2D eigenvalue weighted by molar-refractivity contribution is 6.43. The van der Waals surface area contributed by atoms with Gasteiger partial charge in [0.15, 0.2) is 0 Å². The van der Waals surface area contributed by atoms with Gasteiger partial charge >= 0.3 is 0 Å². The Morgan fingerprint density at radius 1 is 1.08 bits per heavy atom. The van der Waals surface area contributed by atoms with Crippen molar-refractivity contribution in [3.8, 4) is 5.69 Å². The first-order valence-electron chi connectivity index (χ1n) is 8.20. The standard InChI is InChI=1S/C20H19Cl2N3O/c1-13-17(14(2)25(23-13)15-8-5-4-6-9-15)12-24(3)20(26)16-10-7-11-18(21)19(16)22/h4-11H,12H2,1-3H3. The SMILES string of the molecule is Cc1nn(-c2ccccc2)c(C)c1CN(C)C(=O)c1cccc(Cl)c1Cl. The average molecular weight is 388 g/mol. The molecule has 134 valence electrons. The number of hydrogen-bond acceptors (Lipinski definition) is 2. The minimum absolute atomic E-state index is 0.177. The molecular formula is C20H19Cl2N3O. The molecule has 0 unspecified atom stereocenters. The third-order valence-electron chi connectivity index (χ3n) is 4.37. The second kappa shape index (κ2) is 7.52. The van der Waals surface area contributed by atoms with E-state index < -0.39 is 0 Å². The van der Waals surface area contributed by atoms with E-state index in [0.717, 1.165) is 22.6 Å². The Morgan fingerprint density at radius 2 is 1.77 bits per heavy atom. The van der Waals surface area contributed by atoms with Crippen molar-refractivity contribution < 1.29 is 4.79 Å². The van der Waals surface area contributed by atoms with Crippen molar-refractivity contribution in [3.05, 3.63) is 81.1 Å². The van der Waals surface area contributed by atoms with Crippen molar-refractivity contribution in [1.82, 2.24) is 14.7 Å². The number of carbonyl (C=O) groups is 1. The molecule has 26 heavy (non-hydrogen) atoms. The maximum Gasteiger partial charge on any atom is 0.255 e. The second-order valence-corrected chi connectivity index (χ2v) is 6.94. The number of nitrogens with zero attached hydrogens (tertiary/aromatic N) is 3. The third kappa shape index (κ3) is 3.48. The summed E-state index contributed by atoms with van der Waals surface area (Å²) in [6, 6.07) is 15.0. The van der Waals surface area contributed by atoms with Crippen LogP contribution in [0.2, 0.25) is 10.0 Å². The summed E-state index contributed by atoms with van der Waals surface area (Å²) in [7, 11) is 1.75. The molecule has 0 spiro atoms. The Labute approximate surface area is 163 Å².